The lowest BCUT2D eigenvalue weighted by Crippen LogP contribution is -2.22. The summed E-state index contributed by atoms with van der Waals surface area (Å²) in [5.41, 5.74) is 0. The number of hydrogen-bond donors (Lipinski definition) is 1. The van der Waals surface area contributed by atoms with E-state index in [9.17, 15) is 14.4 Å². The fourth-order valence-electron chi connectivity index (χ4n) is 0.653. The van der Waals surface area contributed by atoms with Gasteiger partial charge in [-0.1, -0.05) is 6.92 Å². The minimum atomic E-state index is -0.908. The molecule has 1 N–H and O–H groups in total. The first-order valence-corrected chi connectivity index (χ1v) is 5.46. The lowest BCUT2D eigenvalue weighted by atomic mass is 10.2. The van der Waals surface area contributed by atoms with Gasteiger partial charge in [0.05, 0.1) is 5.92 Å². The molecule has 0 rings (SSSR count). The van der Waals surface area contributed by atoms with Crippen LogP contribution >= 0.6 is 11.8 Å². The molecule has 86 valence electrons. The second kappa shape index (κ2) is 6.44. The van der Waals surface area contributed by atoms with Crippen molar-refractivity contribution in [3.8, 4) is 0 Å². The first kappa shape index (κ1) is 14.0. The molecule has 5 nitrogen and oxygen atoms in total. The van der Waals surface area contributed by atoms with Crippen molar-refractivity contribution in [3.63, 3.8) is 0 Å². The molecule has 2 atom stereocenters. The van der Waals surface area contributed by atoms with Crippen LogP contribution in [-0.4, -0.2) is 34.0 Å². The number of carboxylic acid groups (broad SMARTS) is 1. The van der Waals surface area contributed by atoms with Gasteiger partial charge in [0, 0.05) is 12.7 Å². The molecular weight excluding hydrogens is 220 g/mol. The van der Waals surface area contributed by atoms with Crippen LogP contribution in [0.2, 0.25) is 0 Å². The second-order valence-electron chi connectivity index (χ2n) is 3.13. The Morgan fingerprint density at radius 2 is 1.87 bits per heavy atom. The van der Waals surface area contributed by atoms with E-state index in [0.29, 0.717) is 5.75 Å². The van der Waals surface area contributed by atoms with Gasteiger partial charge in [0.25, 0.3) is 0 Å². The number of ether oxygens (including phenoxy) is 1. The maximum atomic E-state index is 11.1. The van der Waals surface area contributed by atoms with Gasteiger partial charge in [-0.2, -0.15) is 0 Å². The van der Waals surface area contributed by atoms with E-state index in [2.05, 4.69) is 4.74 Å². The monoisotopic (exact) mass is 234 g/mol. The molecular formula is C9H14O5S. The maximum Gasteiger partial charge on any atom is 0.326 e. The second-order valence-corrected chi connectivity index (χ2v) is 4.50. The fraction of sp³-hybridized carbons (Fsp3) is 0.667. The van der Waals surface area contributed by atoms with E-state index in [4.69, 9.17) is 5.11 Å². The van der Waals surface area contributed by atoms with Gasteiger partial charge in [-0.3, -0.25) is 14.4 Å². The highest BCUT2D eigenvalue weighted by Gasteiger charge is 2.19. The third-order valence-electron chi connectivity index (χ3n) is 1.59. The van der Waals surface area contributed by atoms with E-state index >= 15 is 0 Å². The van der Waals surface area contributed by atoms with Crippen LogP contribution < -0.4 is 0 Å². The molecule has 0 aliphatic heterocycles. The Morgan fingerprint density at radius 1 is 1.33 bits per heavy atom. The van der Waals surface area contributed by atoms with Crippen molar-refractivity contribution in [2.45, 2.75) is 26.0 Å². The summed E-state index contributed by atoms with van der Waals surface area (Å²) in [5, 5.41) is 8.06. The molecule has 0 saturated carbocycles. The number of thioether (sulfide) groups is 1. The normalized spacial score (nSPS) is 14.1. The SMILES string of the molecule is CC(=O)OC(=O)C(C)SCC(C)C(=O)O. The Morgan fingerprint density at radius 3 is 2.27 bits per heavy atom. The molecule has 0 spiro atoms. The van der Waals surface area contributed by atoms with Crippen LogP contribution in [0.1, 0.15) is 20.8 Å². The average Bonchev–Trinajstić information content (AvgIpc) is 2.12. The Bertz CT molecular complexity index is 263. The van der Waals surface area contributed by atoms with E-state index < -0.39 is 29.1 Å². The first-order chi connectivity index (χ1) is 6.84. The highest BCUT2D eigenvalue weighted by molar-refractivity contribution is 8.00. The van der Waals surface area contributed by atoms with Crippen molar-refractivity contribution in [1.29, 1.82) is 0 Å². The number of aliphatic carboxylic acids is 1. The molecule has 0 aromatic rings. The quantitative estimate of drug-likeness (QED) is 0.562. The summed E-state index contributed by atoms with van der Waals surface area (Å²) in [6, 6.07) is 0. The van der Waals surface area contributed by atoms with Crippen LogP contribution in [0.4, 0.5) is 0 Å². The molecule has 0 saturated heterocycles. The Kier molecular flexibility index (Phi) is 6.00. The summed E-state index contributed by atoms with van der Waals surface area (Å²) in [6.45, 7) is 4.28. The minimum absolute atomic E-state index is 0.309. The van der Waals surface area contributed by atoms with E-state index in [1.165, 1.54) is 0 Å². The van der Waals surface area contributed by atoms with Crippen molar-refractivity contribution >= 4 is 29.7 Å². The van der Waals surface area contributed by atoms with Gasteiger partial charge in [-0.15, -0.1) is 11.8 Å². The molecule has 0 amide bonds. The van der Waals surface area contributed by atoms with Gasteiger partial charge in [-0.25, -0.2) is 0 Å². The lowest BCUT2D eigenvalue weighted by molar-refractivity contribution is -0.157. The highest BCUT2D eigenvalue weighted by Crippen LogP contribution is 2.16. The van der Waals surface area contributed by atoms with Crippen molar-refractivity contribution in [3.05, 3.63) is 0 Å². The largest absolute Gasteiger partial charge is 0.481 e. The third-order valence-corrected chi connectivity index (χ3v) is 2.98. The van der Waals surface area contributed by atoms with Gasteiger partial charge in [0.15, 0.2) is 0 Å². The van der Waals surface area contributed by atoms with Crippen LogP contribution in [0.15, 0.2) is 0 Å². The first-order valence-electron chi connectivity index (χ1n) is 4.41. The van der Waals surface area contributed by atoms with Crippen molar-refractivity contribution < 1.29 is 24.2 Å². The van der Waals surface area contributed by atoms with Crippen LogP contribution in [0.3, 0.4) is 0 Å². The number of hydrogen-bond acceptors (Lipinski definition) is 5. The lowest BCUT2D eigenvalue weighted by Gasteiger charge is -2.10. The number of carboxylic acids is 1. The Balaban J connectivity index is 3.93. The van der Waals surface area contributed by atoms with Crippen LogP contribution in [0.25, 0.3) is 0 Å². The van der Waals surface area contributed by atoms with Crippen LogP contribution in [0, 0.1) is 5.92 Å². The molecule has 6 heteroatoms. The van der Waals surface area contributed by atoms with Gasteiger partial charge in [0.1, 0.15) is 5.25 Å². The standard InChI is InChI=1S/C9H14O5S/c1-5(8(11)12)4-15-6(2)9(13)14-7(3)10/h5-6H,4H2,1-3H3,(H,11,12). The number of carbonyl (C=O) groups is 3. The zero-order chi connectivity index (χ0) is 12.0. The molecule has 0 aliphatic rings. The predicted octanol–water partition coefficient (Wildman–Crippen LogP) is 0.918. The van der Waals surface area contributed by atoms with Crippen LogP contribution in [0.5, 0.6) is 0 Å². The van der Waals surface area contributed by atoms with E-state index in [1.807, 2.05) is 0 Å². The molecule has 0 heterocycles. The molecule has 0 radical (unpaired) electrons. The van der Waals surface area contributed by atoms with E-state index in [1.54, 1.807) is 13.8 Å². The smallest absolute Gasteiger partial charge is 0.326 e. The number of carbonyl (C=O) groups excluding carboxylic acids is 2. The summed E-state index contributed by atoms with van der Waals surface area (Å²) < 4.78 is 4.36. The van der Waals surface area contributed by atoms with Crippen LogP contribution in [-0.2, 0) is 19.1 Å². The number of rotatable bonds is 5. The van der Waals surface area contributed by atoms with Gasteiger partial charge in [0.2, 0.25) is 0 Å². The van der Waals surface area contributed by atoms with E-state index in [-0.39, 0.29) is 0 Å². The molecule has 2 unspecified atom stereocenters. The summed E-state index contributed by atoms with van der Waals surface area (Å²) >= 11 is 1.16. The van der Waals surface area contributed by atoms with Gasteiger partial charge >= 0.3 is 17.9 Å². The highest BCUT2D eigenvalue weighted by atomic mass is 32.2. The zero-order valence-electron chi connectivity index (χ0n) is 8.85. The van der Waals surface area contributed by atoms with Crippen molar-refractivity contribution in [1.82, 2.24) is 0 Å². The molecule has 0 bridgehead atoms. The van der Waals surface area contributed by atoms with E-state index in [0.717, 1.165) is 18.7 Å². The third kappa shape index (κ3) is 6.11. The average molecular weight is 234 g/mol. The minimum Gasteiger partial charge on any atom is -0.481 e. The summed E-state index contributed by atoms with van der Waals surface area (Å²) in [6.07, 6.45) is 0. The Hall–Kier alpha value is -1.04. The van der Waals surface area contributed by atoms with Gasteiger partial charge in [-0.05, 0) is 6.92 Å². The van der Waals surface area contributed by atoms with Crippen molar-refractivity contribution in [2.24, 2.45) is 5.92 Å². The number of esters is 2. The molecule has 0 fully saturated rings. The predicted molar refractivity (Wildman–Crippen MR) is 55.5 cm³/mol. The molecule has 15 heavy (non-hydrogen) atoms. The Labute approximate surface area is 92.2 Å². The molecule has 0 aromatic heterocycles. The zero-order valence-corrected chi connectivity index (χ0v) is 9.67. The molecule has 0 aliphatic carbocycles. The van der Waals surface area contributed by atoms with Crippen molar-refractivity contribution in [2.75, 3.05) is 5.75 Å². The summed E-state index contributed by atoms with van der Waals surface area (Å²) in [4.78, 5) is 32.1. The van der Waals surface area contributed by atoms with Gasteiger partial charge < -0.3 is 9.84 Å². The molecule has 0 aromatic carbocycles. The fourth-order valence-corrected chi connectivity index (χ4v) is 1.56. The summed E-state index contributed by atoms with van der Waals surface area (Å²) in [7, 11) is 0. The summed E-state index contributed by atoms with van der Waals surface area (Å²) in [5.74, 6) is -2.41. The topological polar surface area (TPSA) is 80.7 Å². The maximum absolute atomic E-state index is 11.1.